The summed E-state index contributed by atoms with van der Waals surface area (Å²) < 4.78 is 26.7. The zero-order chi connectivity index (χ0) is 22.4. The number of fused-ring (bicyclic) bond motifs is 1. The molecule has 3 unspecified atom stereocenters. The number of carbonyl (C=O) groups is 1. The van der Waals surface area contributed by atoms with E-state index >= 15 is 0 Å². The van der Waals surface area contributed by atoms with Gasteiger partial charge in [0.1, 0.15) is 0 Å². The Morgan fingerprint density at radius 3 is 2.23 bits per heavy atom. The normalized spacial score (nSPS) is 25.3. The molecule has 1 fully saturated rings. The molecule has 6 nitrogen and oxygen atoms in total. The number of nitrogens with zero attached hydrogens (tertiary/aromatic N) is 1. The highest BCUT2D eigenvalue weighted by atomic mass is 32.2. The molecule has 2 N–H and O–H groups in total. The molecule has 168 valence electrons. The molecule has 0 aromatic heterocycles. The average molecular weight is 436 g/mol. The Bertz CT molecular complexity index is 912. The number of piperidine rings is 1. The van der Waals surface area contributed by atoms with Crippen LogP contribution in [0.25, 0.3) is 0 Å². The molecular formula is C23H37N3O3S. The van der Waals surface area contributed by atoms with Crippen LogP contribution in [-0.4, -0.2) is 43.2 Å². The van der Waals surface area contributed by atoms with E-state index in [4.69, 9.17) is 0 Å². The summed E-state index contributed by atoms with van der Waals surface area (Å²) in [5.41, 5.74) is 4.82. The number of likely N-dealkylation sites (tertiary alicyclic amines) is 1. The van der Waals surface area contributed by atoms with Gasteiger partial charge in [-0.15, -0.1) is 0 Å². The Labute approximate surface area is 181 Å². The number of anilines is 1. The summed E-state index contributed by atoms with van der Waals surface area (Å²) in [6.07, 6.45) is 1.25. The lowest BCUT2D eigenvalue weighted by atomic mass is 9.90. The van der Waals surface area contributed by atoms with Crippen LogP contribution in [0.1, 0.15) is 82.9 Å². The predicted molar refractivity (Wildman–Crippen MR) is 123 cm³/mol. The number of benzene rings is 1. The van der Waals surface area contributed by atoms with Crippen molar-refractivity contribution < 1.29 is 13.2 Å². The first-order valence-electron chi connectivity index (χ1n) is 11.0. The largest absolute Gasteiger partial charge is 0.324 e. The third-order valence-electron chi connectivity index (χ3n) is 7.22. The van der Waals surface area contributed by atoms with Crippen molar-refractivity contribution in [3.8, 4) is 0 Å². The van der Waals surface area contributed by atoms with Gasteiger partial charge >= 0.3 is 6.03 Å². The predicted octanol–water partition coefficient (Wildman–Crippen LogP) is 4.57. The minimum Gasteiger partial charge on any atom is -0.324 e. The maximum Gasteiger partial charge on any atom is 0.321 e. The SMILES string of the molecule is Cc1c(NC(=O)N2CCC(NS(=O)(=O)C(C)(C)C)CC2)ccc2c1C(C)C(C)C2C. The third kappa shape index (κ3) is 4.24. The van der Waals surface area contributed by atoms with Gasteiger partial charge in [-0.05, 0) is 81.0 Å². The van der Waals surface area contributed by atoms with Gasteiger partial charge in [-0.3, -0.25) is 0 Å². The van der Waals surface area contributed by atoms with Gasteiger partial charge < -0.3 is 10.2 Å². The van der Waals surface area contributed by atoms with Crippen molar-refractivity contribution in [3.63, 3.8) is 0 Å². The molecule has 30 heavy (non-hydrogen) atoms. The topological polar surface area (TPSA) is 78.5 Å². The highest BCUT2D eigenvalue weighted by Crippen LogP contribution is 2.48. The highest BCUT2D eigenvalue weighted by molar-refractivity contribution is 7.90. The van der Waals surface area contributed by atoms with E-state index in [-0.39, 0.29) is 12.1 Å². The quantitative estimate of drug-likeness (QED) is 0.730. The Morgan fingerprint density at radius 2 is 1.67 bits per heavy atom. The van der Waals surface area contributed by atoms with E-state index in [1.807, 2.05) is 6.07 Å². The molecule has 0 saturated carbocycles. The van der Waals surface area contributed by atoms with E-state index in [0.29, 0.717) is 43.7 Å². The molecule has 1 aliphatic heterocycles. The monoisotopic (exact) mass is 435 g/mol. The summed E-state index contributed by atoms with van der Waals surface area (Å²) in [6, 6.07) is 3.96. The van der Waals surface area contributed by atoms with Crippen molar-refractivity contribution >= 4 is 21.7 Å². The Hall–Kier alpha value is -1.60. The summed E-state index contributed by atoms with van der Waals surface area (Å²) in [4.78, 5) is 14.6. The van der Waals surface area contributed by atoms with Gasteiger partial charge in [0.25, 0.3) is 0 Å². The van der Waals surface area contributed by atoms with E-state index in [9.17, 15) is 13.2 Å². The number of hydrogen-bond donors (Lipinski definition) is 2. The second-order valence-corrected chi connectivity index (χ2v) is 12.6. The minimum absolute atomic E-state index is 0.109. The van der Waals surface area contributed by atoms with Gasteiger partial charge in [-0.2, -0.15) is 0 Å². The van der Waals surface area contributed by atoms with Crippen LogP contribution in [0, 0.1) is 12.8 Å². The summed E-state index contributed by atoms with van der Waals surface area (Å²) >= 11 is 0. The lowest BCUT2D eigenvalue weighted by molar-refractivity contribution is 0.193. The standard InChI is InChI=1S/C23H37N3O3S/c1-14-15(2)19-8-9-20(17(4)21(19)16(14)3)24-22(27)26-12-10-18(11-13-26)25-30(28,29)23(5,6)7/h8-9,14-16,18,25H,10-13H2,1-7H3,(H,24,27). The van der Waals surface area contributed by atoms with Gasteiger partial charge in [-0.1, -0.05) is 26.8 Å². The molecule has 1 aliphatic carbocycles. The van der Waals surface area contributed by atoms with Gasteiger partial charge in [0.2, 0.25) is 10.0 Å². The van der Waals surface area contributed by atoms with Crippen molar-refractivity contribution in [1.29, 1.82) is 0 Å². The highest BCUT2D eigenvalue weighted by Gasteiger charge is 2.35. The van der Waals surface area contributed by atoms with Crippen molar-refractivity contribution in [2.24, 2.45) is 5.92 Å². The average Bonchev–Trinajstić information content (AvgIpc) is 2.88. The maximum atomic E-state index is 12.9. The molecule has 2 aliphatic rings. The third-order valence-corrected chi connectivity index (χ3v) is 9.48. The summed E-state index contributed by atoms with van der Waals surface area (Å²) in [5.74, 6) is 1.62. The molecule has 2 amide bonds. The molecule has 1 heterocycles. The molecule has 1 saturated heterocycles. The van der Waals surface area contributed by atoms with Gasteiger partial charge in [0, 0.05) is 24.8 Å². The summed E-state index contributed by atoms with van der Waals surface area (Å²) in [7, 11) is -3.38. The first-order valence-corrected chi connectivity index (χ1v) is 12.5. The van der Waals surface area contributed by atoms with E-state index in [1.165, 1.54) is 11.1 Å². The lowest BCUT2D eigenvalue weighted by Gasteiger charge is -2.34. The maximum absolute atomic E-state index is 12.9. The molecule has 1 aromatic rings. The van der Waals surface area contributed by atoms with Crippen LogP contribution >= 0.6 is 0 Å². The van der Waals surface area contributed by atoms with E-state index in [1.54, 1.807) is 25.7 Å². The number of sulfonamides is 1. The number of carbonyl (C=O) groups excluding carboxylic acids is 1. The number of hydrogen-bond acceptors (Lipinski definition) is 3. The van der Waals surface area contributed by atoms with E-state index in [0.717, 1.165) is 11.3 Å². The van der Waals surface area contributed by atoms with Crippen molar-refractivity contribution in [3.05, 3.63) is 28.8 Å². The second-order valence-electron chi connectivity index (χ2n) is 10.1. The number of amides is 2. The van der Waals surface area contributed by atoms with Crippen LogP contribution in [0.5, 0.6) is 0 Å². The minimum atomic E-state index is -3.38. The number of nitrogens with one attached hydrogen (secondary N) is 2. The molecule has 3 atom stereocenters. The Balaban J connectivity index is 1.63. The molecule has 3 rings (SSSR count). The van der Waals surface area contributed by atoms with Crippen molar-refractivity contribution in [2.45, 2.75) is 83.9 Å². The van der Waals surface area contributed by atoms with Crippen LogP contribution in [0.4, 0.5) is 10.5 Å². The van der Waals surface area contributed by atoms with Gasteiger partial charge in [-0.25, -0.2) is 17.9 Å². The Kier molecular flexibility index (Phi) is 6.27. The van der Waals surface area contributed by atoms with Crippen molar-refractivity contribution in [1.82, 2.24) is 9.62 Å². The van der Waals surface area contributed by atoms with Crippen LogP contribution in [-0.2, 0) is 10.0 Å². The van der Waals surface area contributed by atoms with Gasteiger partial charge in [0.05, 0.1) is 4.75 Å². The van der Waals surface area contributed by atoms with Crippen molar-refractivity contribution in [2.75, 3.05) is 18.4 Å². The fourth-order valence-corrected chi connectivity index (χ4v) is 5.68. The van der Waals surface area contributed by atoms with E-state index < -0.39 is 14.8 Å². The zero-order valence-corrected chi connectivity index (χ0v) is 20.2. The zero-order valence-electron chi connectivity index (χ0n) is 19.4. The smallest absolute Gasteiger partial charge is 0.321 e. The van der Waals surface area contributed by atoms with Gasteiger partial charge in [0.15, 0.2) is 0 Å². The molecule has 0 bridgehead atoms. The van der Waals surface area contributed by atoms with E-state index in [2.05, 4.69) is 43.8 Å². The number of urea groups is 1. The number of rotatable bonds is 3. The molecule has 0 radical (unpaired) electrons. The summed E-state index contributed by atoms with van der Waals surface area (Å²) in [5, 5.41) is 3.10. The fourth-order valence-electron chi connectivity index (χ4n) is 4.66. The first kappa shape index (κ1) is 23.1. The Morgan fingerprint density at radius 1 is 1.07 bits per heavy atom. The molecular weight excluding hydrogens is 398 g/mol. The molecule has 7 heteroatoms. The fraction of sp³-hybridized carbons (Fsp3) is 0.696. The van der Waals surface area contributed by atoms with Crippen LogP contribution in [0.15, 0.2) is 12.1 Å². The molecule has 0 spiro atoms. The molecule has 1 aromatic carbocycles. The van der Waals surface area contributed by atoms with Crippen LogP contribution in [0.2, 0.25) is 0 Å². The van der Waals surface area contributed by atoms with Crippen LogP contribution in [0.3, 0.4) is 0 Å². The lowest BCUT2D eigenvalue weighted by Crippen LogP contribution is -2.50. The first-order chi connectivity index (χ1) is 13.8. The van der Waals surface area contributed by atoms with Crippen LogP contribution < -0.4 is 10.0 Å². The second kappa shape index (κ2) is 8.15. The summed E-state index contributed by atoms with van der Waals surface area (Å²) in [6.45, 7) is 15.1.